The number of hydrogen-bond acceptors (Lipinski definition) is 2. The van der Waals surface area contributed by atoms with Crippen molar-refractivity contribution in [2.75, 3.05) is 0 Å². The van der Waals surface area contributed by atoms with Crippen molar-refractivity contribution in [2.24, 2.45) is 5.73 Å². The maximum absolute atomic E-state index is 6.49. The highest BCUT2D eigenvalue weighted by atomic mass is 127. The van der Waals surface area contributed by atoms with E-state index in [9.17, 15) is 0 Å². The van der Waals surface area contributed by atoms with Gasteiger partial charge in [0, 0.05) is 19.6 Å². The lowest BCUT2D eigenvalue weighted by Gasteiger charge is -2.17. The Morgan fingerprint density at radius 3 is 2.75 bits per heavy atom. The quantitative estimate of drug-likeness (QED) is 0.591. The highest BCUT2D eigenvalue weighted by molar-refractivity contribution is 14.1. The summed E-state index contributed by atoms with van der Waals surface area (Å²) in [7, 11) is 0. The largest absolute Gasteiger partial charge is 0.320 e. The third-order valence-electron chi connectivity index (χ3n) is 3.31. The molecule has 3 aromatic rings. The molecule has 3 rings (SSSR count). The van der Waals surface area contributed by atoms with Crippen LogP contribution in [0.15, 0.2) is 59.2 Å². The van der Waals surface area contributed by atoms with E-state index in [2.05, 4.69) is 67.8 Å². The highest BCUT2D eigenvalue weighted by Gasteiger charge is 2.15. The van der Waals surface area contributed by atoms with Crippen molar-refractivity contribution < 1.29 is 0 Å². The van der Waals surface area contributed by atoms with Crippen molar-refractivity contribution in [3.63, 3.8) is 0 Å². The van der Waals surface area contributed by atoms with Crippen LogP contribution in [0.4, 0.5) is 0 Å². The molecule has 4 heteroatoms. The van der Waals surface area contributed by atoms with Crippen molar-refractivity contribution in [1.29, 1.82) is 0 Å². The van der Waals surface area contributed by atoms with Gasteiger partial charge in [-0.2, -0.15) is 0 Å². The van der Waals surface area contributed by atoms with Gasteiger partial charge < -0.3 is 5.73 Å². The first kappa shape index (κ1) is 14.0. The van der Waals surface area contributed by atoms with Crippen LogP contribution in [-0.4, -0.2) is 4.98 Å². The molecule has 2 nitrogen and oxygen atoms in total. The molecule has 0 aliphatic rings. The molecule has 0 saturated carbocycles. The molecule has 1 unspecified atom stereocenters. The fourth-order valence-corrected chi connectivity index (χ4v) is 3.33. The highest BCUT2D eigenvalue weighted by Crippen LogP contribution is 2.31. The summed E-state index contributed by atoms with van der Waals surface area (Å²) >= 11 is 5.90. The summed E-state index contributed by atoms with van der Waals surface area (Å²) in [6.45, 7) is 0. The van der Waals surface area contributed by atoms with E-state index < -0.39 is 0 Å². The minimum absolute atomic E-state index is 0.174. The SMILES string of the molecule is NC(c1cc(I)ccc1Br)c1cccc2ncccc12. The van der Waals surface area contributed by atoms with Crippen LogP contribution in [0, 0.1) is 3.57 Å². The first-order valence-corrected chi connectivity index (χ1v) is 8.08. The fraction of sp³-hybridized carbons (Fsp3) is 0.0625. The Hall–Kier alpha value is -0.980. The van der Waals surface area contributed by atoms with Gasteiger partial charge in [0.1, 0.15) is 0 Å². The van der Waals surface area contributed by atoms with Crippen molar-refractivity contribution >= 4 is 49.4 Å². The lowest BCUT2D eigenvalue weighted by molar-refractivity contribution is 0.873. The van der Waals surface area contributed by atoms with Gasteiger partial charge in [0.2, 0.25) is 0 Å². The topological polar surface area (TPSA) is 38.9 Å². The molecule has 0 aliphatic carbocycles. The predicted octanol–water partition coefficient (Wildman–Crippen LogP) is 4.65. The van der Waals surface area contributed by atoms with Gasteiger partial charge in [0.25, 0.3) is 0 Å². The van der Waals surface area contributed by atoms with E-state index >= 15 is 0 Å². The lowest BCUT2D eigenvalue weighted by atomic mass is 9.96. The number of hydrogen-bond donors (Lipinski definition) is 1. The predicted molar refractivity (Wildman–Crippen MR) is 94.6 cm³/mol. The zero-order valence-corrected chi connectivity index (χ0v) is 14.3. The number of aromatic nitrogens is 1. The summed E-state index contributed by atoms with van der Waals surface area (Å²) in [5.74, 6) is 0. The molecule has 0 spiro atoms. The summed E-state index contributed by atoms with van der Waals surface area (Å²) < 4.78 is 2.21. The van der Waals surface area contributed by atoms with Crippen LogP contribution >= 0.6 is 38.5 Å². The fourth-order valence-electron chi connectivity index (χ4n) is 2.32. The number of fused-ring (bicyclic) bond motifs is 1. The van der Waals surface area contributed by atoms with Gasteiger partial charge in [-0.1, -0.05) is 34.1 Å². The number of nitrogens with two attached hydrogens (primary N) is 1. The third-order valence-corrected chi connectivity index (χ3v) is 4.70. The van der Waals surface area contributed by atoms with Crippen molar-refractivity contribution in [1.82, 2.24) is 4.98 Å². The summed E-state index contributed by atoms with van der Waals surface area (Å²) in [6, 6.07) is 16.1. The molecule has 1 aromatic heterocycles. The second-order valence-electron chi connectivity index (χ2n) is 4.56. The number of nitrogens with zero attached hydrogens (tertiary/aromatic N) is 1. The van der Waals surface area contributed by atoms with Gasteiger partial charge in [-0.05, 0) is 64.0 Å². The Bertz CT molecular complexity index is 768. The monoisotopic (exact) mass is 438 g/mol. The lowest BCUT2D eigenvalue weighted by Crippen LogP contribution is -2.13. The maximum atomic E-state index is 6.49. The van der Waals surface area contributed by atoms with Gasteiger partial charge in [0.05, 0.1) is 11.6 Å². The van der Waals surface area contributed by atoms with E-state index in [1.165, 1.54) is 3.57 Å². The molecule has 2 aromatic carbocycles. The van der Waals surface area contributed by atoms with Crippen LogP contribution < -0.4 is 5.73 Å². The van der Waals surface area contributed by atoms with Crippen molar-refractivity contribution in [3.8, 4) is 0 Å². The Labute approximate surface area is 139 Å². The molecule has 0 bridgehead atoms. The van der Waals surface area contributed by atoms with Crippen LogP contribution in [0.2, 0.25) is 0 Å². The van der Waals surface area contributed by atoms with E-state index in [1.807, 2.05) is 24.3 Å². The number of pyridine rings is 1. The number of benzene rings is 2. The van der Waals surface area contributed by atoms with E-state index in [0.29, 0.717) is 0 Å². The number of halogens is 2. The summed E-state index contributed by atoms with van der Waals surface area (Å²) in [5, 5.41) is 1.10. The minimum atomic E-state index is -0.174. The van der Waals surface area contributed by atoms with Crippen LogP contribution in [0.5, 0.6) is 0 Å². The molecule has 1 heterocycles. The maximum Gasteiger partial charge on any atom is 0.0705 e. The number of rotatable bonds is 2. The zero-order valence-electron chi connectivity index (χ0n) is 10.6. The molecule has 1 atom stereocenters. The second-order valence-corrected chi connectivity index (χ2v) is 6.66. The minimum Gasteiger partial charge on any atom is -0.320 e. The van der Waals surface area contributed by atoms with E-state index in [4.69, 9.17) is 5.73 Å². The van der Waals surface area contributed by atoms with Gasteiger partial charge in [0.15, 0.2) is 0 Å². The van der Waals surface area contributed by atoms with Gasteiger partial charge in [-0.25, -0.2) is 0 Å². The van der Waals surface area contributed by atoms with E-state index in [-0.39, 0.29) is 6.04 Å². The second kappa shape index (κ2) is 5.79. The standard InChI is InChI=1S/C16H12BrIN2/c17-14-7-6-10(18)9-13(14)16(19)12-3-1-5-15-11(12)4-2-8-20-15/h1-9,16H,19H2. The van der Waals surface area contributed by atoms with Crippen LogP contribution in [0.1, 0.15) is 17.2 Å². The molecule has 0 saturated heterocycles. The third kappa shape index (κ3) is 2.60. The molecule has 100 valence electrons. The summed E-state index contributed by atoms with van der Waals surface area (Å²) in [4.78, 5) is 4.39. The average molecular weight is 439 g/mol. The van der Waals surface area contributed by atoms with Gasteiger partial charge >= 0.3 is 0 Å². The normalized spacial score (nSPS) is 12.6. The first-order chi connectivity index (χ1) is 9.66. The molecule has 20 heavy (non-hydrogen) atoms. The van der Waals surface area contributed by atoms with Crippen molar-refractivity contribution in [3.05, 3.63) is 73.9 Å². The molecule has 2 N–H and O–H groups in total. The molecular weight excluding hydrogens is 427 g/mol. The smallest absolute Gasteiger partial charge is 0.0705 e. The zero-order chi connectivity index (χ0) is 14.1. The van der Waals surface area contributed by atoms with E-state index in [0.717, 1.165) is 26.5 Å². The molecule has 0 amide bonds. The summed E-state index contributed by atoms with van der Waals surface area (Å²) in [6.07, 6.45) is 1.80. The van der Waals surface area contributed by atoms with Crippen molar-refractivity contribution in [2.45, 2.75) is 6.04 Å². The molecular formula is C16H12BrIN2. The Morgan fingerprint density at radius 1 is 1.05 bits per heavy atom. The van der Waals surface area contributed by atoms with E-state index in [1.54, 1.807) is 6.20 Å². The Balaban J connectivity index is 2.17. The van der Waals surface area contributed by atoms with Crippen LogP contribution in [0.25, 0.3) is 10.9 Å². The molecule has 0 aliphatic heterocycles. The average Bonchev–Trinajstić information content (AvgIpc) is 2.48. The molecule has 0 fully saturated rings. The molecule has 0 radical (unpaired) electrons. The Kier molecular flexibility index (Phi) is 4.05. The first-order valence-electron chi connectivity index (χ1n) is 6.21. The summed E-state index contributed by atoms with van der Waals surface area (Å²) in [5.41, 5.74) is 9.65. The van der Waals surface area contributed by atoms with Gasteiger partial charge in [-0.3, -0.25) is 4.98 Å². The van der Waals surface area contributed by atoms with Crippen LogP contribution in [-0.2, 0) is 0 Å². The van der Waals surface area contributed by atoms with Gasteiger partial charge in [-0.15, -0.1) is 0 Å². The van der Waals surface area contributed by atoms with Crippen LogP contribution in [0.3, 0.4) is 0 Å². The Morgan fingerprint density at radius 2 is 1.90 bits per heavy atom.